The molecular weight excluding hydrogens is 178 g/mol. The third-order valence-corrected chi connectivity index (χ3v) is 1.80. The lowest BCUT2D eigenvalue weighted by molar-refractivity contribution is -0.137. The molecule has 82 valence electrons. The lowest BCUT2D eigenvalue weighted by Gasteiger charge is -2.08. The average Bonchev–Trinajstić information content (AvgIpc) is 2.11. The predicted molar refractivity (Wildman–Crippen MR) is 58.2 cm³/mol. The van der Waals surface area contributed by atoms with Gasteiger partial charge in [-0.2, -0.15) is 0 Å². The maximum absolute atomic E-state index is 10.9. The van der Waals surface area contributed by atoms with Crippen molar-refractivity contribution in [3.05, 3.63) is 12.2 Å². The van der Waals surface area contributed by atoms with Gasteiger partial charge in [0.1, 0.15) is 0 Å². The molecule has 14 heavy (non-hydrogen) atoms. The molecule has 0 rings (SSSR count). The van der Waals surface area contributed by atoms with Crippen LogP contribution in [0.3, 0.4) is 0 Å². The fourth-order valence-corrected chi connectivity index (χ4v) is 1.06. The first kappa shape index (κ1) is 13.2. The Kier molecular flexibility index (Phi) is 8.24. The highest BCUT2D eigenvalue weighted by atomic mass is 16.5. The van der Waals surface area contributed by atoms with Crippen LogP contribution in [0.15, 0.2) is 12.2 Å². The van der Waals surface area contributed by atoms with E-state index in [4.69, 9.17) is 4.74 Å². The normalized spacial score (nSPS) is 11.1. The molecule has 0 aromatic carbocycles. The second-order valence-corrected chi connectivity index (χ2v) is 3.53. The van der Waals surface area contributed by atoms with Crippen molar-refractivity contribution in [1.29, 1.82) is 0 Å². The van der Waals surface area contributed by atoms with E-state index in [9.17, 15) is 4.79 Å². The van der Waals surface area contributed by atoms with E-state index in [2.05, 4.69) is 19.0 Å². The van der Waals surface area contributed by atoms with E-state index < -0.39 is 0 Å². The van der Waals surface area contributed by atoms with Gasteiger partial charge in [0, 0.05) is 6.08 Å². The zero-order chi connectivity index (χ0) is 10.8. The van der Waals surface area contributed by atoms with E-state index in [1.165, 1.54) is 6.08 Å². The van der Waals surface area contributed by atoms with Crippen molar-refractivity contribution in [2.75, 3.05) is 27.2 Å². The van der Waals surface area contributed by atoms with Gasteiger partial charge in [0.2, 0.25) is 0 Å². The van der Waals surface area contributed by atoms with E-state index >= 15 is 0 Å². The molecular formula is C11H21NO2. The SMILES string of the molecule is CC=CC(=O)OCCCCCN(C)C. The molecule has 0 unspecified atom stereocenters. The summed E-state index contributed by atoms with van der Waals surface area (Å²) in [5.74, 6) is -0.236. The van der Waals surface area contributed by atoms with Crippen LogP contribution in [0.4, 0.5) is 0 Å². The van der Waals surface area contributed by atoms with Gasteiger partial charge >= 0.3 is 5.97 Å². The number of esters is 1. The first-order valence-electron chi connectivity index (χ1n) is 5.11. The number of allylic oxidation sites excluding steroid dienone is 1. The second kappa shape index (κ2) is 8.75. The highest BCUT2D eigenvalue weighted by Crippen LogP contribution is 1.97. The third kappa shape index (κ3) is 9.26. The first-order valence-corrected chi connectivity index (χ1v) is 5.11. The van der Waals surface area contributed by atoms with Crippen molar-refractivity contribution in [2.24, 2.45) is 0 Å². The average molecular weight is 199 g/mol. The van der Waals surface area contributed by atoms with Crippen molar-refractivity contribution in [3.63, 3.8) is 0 Å². The molecule has 0 aromatic heterocycles. The van der Waals surface area contributed by atoms with Gasteiger partial charge in [-0.25, -0.2) is 4.79 Å². The number of unbranched alkanes of at least 4 members (excludes halogenated alkanes) is 2. The summed E-state index contributed by atoms with van der Waals surface area (Å²) in [6.45, 7) is 3.44. The van der Waals surface area contributed by atoms with E-state index in [0.29, 0.717) is 6.61 Å². The molecule has 0 fully saturated rings. The van der Waals surface area contributed by atoms with Crippen molar-refractivity contribution < 1.29 is 9.53 Å². The van der Waals surface area contributed by atoms with Gasteiger partial charge in [-0.1, -0.05) is 6.08 Å². The molecule has 0 atom stereocenters. The van der Waals surface area contributed by atoms with Gasteiger partial charge in [-0.3, -0.25) is 0 Å². The van der Waals surface area contributed by atoms with Crippen LogP contribution in [0.2, 0.25) is 0 Å². The maximum Gasteiger partial charge on any atom is 0.330 e. The second-order valence-electron chi connectivity index (χ2n) is 3.53. The predicted octanol–water partition coefficient (Wildman–Crippen LogP) is 1.84. The van der Waals surface area contributed by atoms with Crippen LogP contribution >= 0.6 is 0 Å². The Morgan fingerprint density at radius 1 is 1.29 bits per heavy atom. The van der Waals surface area contributed by atoms with E-state index in [1.807, 2.05) is 0 Å². The molecule has 0 radical (unpaired) electrons. The Labute approximate surface area is 86.7 Å². The number of rotatable bonds is 7. The lowest BCUT2D eigenvalue weighted by Crippen LogP contribution is -2.13. The van der Waals surface area contributed by atoms with Crippen molar-refractivity contribution >= 4 is 5.97 Å². The molecule has 0 heterocycles. The van der Waals surface area contributed by atoms with Crippen LogP contribution in [0.1, 0.15) is 26.2 Å². The van der Waals surface area contributed by atoms with E-state index in [-0.39, 0.29) is 5.97 Å². The van der Waals surface area contributed by atoms with Crippen LogP contribution in [-0.4, -0.2) is 38.1 Å². The highest BCUT2D eigenvalue weighted by molar-refractivity contribution is 5.81. The fourth-order valence-electron chi connectivity index (χ4n) is 1.06. The minimum atomic E-state index is -0.236. The largest absolute Gasteiger partial charge is 0.463 e. The molecule has 0 aromatic rings. The Morgan fingerprint density at radius 2 is 2.00 bits per heavy atom. The van der Waals surface area contributed by atoms with Crippen LogP contribution in [0, 0.1) is 0 Å². The number of nitrogens with zero attached hydrogens (tertiary/aromatic N) is 1. The molecule has 0 saturated carbocycles. The number of hydrogen-bond donors (Lipinski definition) is 0. The minimum absolute atomic E-state index is 0.236. The van der Waals surface area contributed by atoms with Crippen molar-refractivity contribution in [2.45, 2.75) is 26.2 Å². The molecule has 0 aliphatic heterocycles. The van der Waals surface area contributed by atoms with Gasteiger partial charge in [0.25, 0.3) is 0 Å². The van der Waals surface area contributed by atoms with Crippen LogP contribution in [0.25, 0.3) is 0 Å². The molecule has 3 nitrogen and oxygen atoms in total. The molecule has 0 aliphatic carbocycles. The van der Waals surface area contributed by atoms with Gasteiger partial charge in [0.15, 0.2) is 0 Å². The van der Waals surface area contributed by atoms with Gasteiger partial charge in [0.05, 0.1) is 6.61 Å². The quantitative estimate of drug-likeness (QED) is 0.356. The van der Waals surface area contributed by atoms with Crippen molar-refractivity contribution in [1.82, 2.24) is 4.90 Å². The van der Waals surface area contributed by atoms with Crippen LogP contribution in [0.5, 0.6) is 0 Å². The van der Waals surface area contributed by atoms with Crippen LogP contribution < -0.4 is 0 Å². The van der Waals surface area contributed by atoms with Gasteiger partial charge < -0.3 is 9.64 Å². The molecule has 0 bridgehead atoms. The Bertz CT molecular complexity index is 176. The van der Waals surface area contributed by atoms with Crippen LogP contribution in [-0.2, 0) is 9.53 Å². The fraction of sp³-hybridized carbons (Fsp3) is 0.727. The monoisotopic (exact) mass is 199 g/mol. The zero-order valence-electron chi connectivity index (χ0n) is 9.45. The van der Waals surface area contributed by atoms with E-state index in [0.717, 1.165) is 25.8 Å². The number of carbonyl (C=O) groups is 1. The minimum Gasteiger partial charge on any atom is -0.463 e. The number of hydrogen-bond acceptors (Lipinski definition) is 3. The molecule has 0 spiro atoms. The molecule has 0 N–H and O–H groups in total. The van der Waals surface area contributed by atoms with Gasteiger partial charge in [-0.05, 0) is 46.8 Å². The zero-order valence-corrected chi connectivity index (χ0v) is 9.45. The Hall–Kier alpha value is -0.830. The smallest absolute Gasteiger partial charge is 0.330 e. The topological polar surface area (TPSA) is 29.5 Å². The molecule has 0 amide bonds. The summed E-state index contributed by atoms with van der Waals surface area (Å²) in [6, 6.07) is 0. The Balaban J connectivity index is 3.17. The molecule has 0 saturated heterocycles. The molecule has 0 aliphatic rings. The Morgan fingerprint density at radius 3 is 2.57 bits per heavy atom. The molecule has 3 heteroatoms. The summed E-state index contributed by atoms with van der Waals surface area (Å²) < 4.78 is 4.95. The number of ether oxygens (including phenoxy) is 1. The standard InChI is InChI=1S/C11H21NO2/c1-4-8-11(13)14-10-7-5-6-9-12(2)3/h4,8H,5-7,9-10H2,1-3H3. The van der Waals surface area contributed by atoms with Gasteiger partial charge in [-0.15, -0.1) is 0 Å². The lowest BCUT2D eigenvalue weighted by atomic mass is 10.2. The third-order valence-electron chi connectivity index (χ3n) is 1.80. The van der Waals surface area contributed by atoms with E-state index in [1.54, 1.807) is 13.0 Å². The summed E-state index contributed by atoms with van der Waals surface area (Å²) >= 11 is 0. The summed E-state index contributed by atoms with van der Waals surface area (Å²) in [4.78, 5) is 13.0. The number of carbonyl (C=O) groups excluding carboxylic acids is 1. The van der Waals surface area contributed by atoms with Crippen molar-refractivity contribution in [3.8, 4) is 0 Å². The summed E-state index contributed by atoms with van der Waals surface area (Å²) in [6.07, 6.45) is 6.36. The summed E-state index contributed by atoms with van der Waals surface area (Å²) in [5.41, 5.74) is 0. The summed E-state index contributed by atoms with van der Waals surface area (Å²) in [5, 5.41) is 0. The highest BCUT2D eigenvalue weighted by Gasteiger charge is 1.96. The first-order chi connectivity index (χ1) is 6.66. The summed E-state index contributed by atoms with van der Waals surface area (Å²) in [7, 11) is 4.12. The maximum atomic E-state index is 10.9.